The highest BCUT2D eigenvalue weighted by Crippen LogP contribution is 2.23. The summed E-state index contributed by atoms with van der Waals surface area (Å²) < 4.78 is 27.0. The zero-order valence-electron chi connectivity index (χ0n) is 14.1. The second-order valence-electron chi connectivity index (χ2n) is 6.26. The van der Waals surface area contributed by atoms with Gasteiger partial charge in [-0.05, 0) is 38.2 Å². The molecular weight excluding hydrogens is 326 g/mol. The molecule has 3 heterocycles. The van der Waals surface area contributed by atoms with Crippen molar-refractivity contribution in [3.05, 3.63) is 30.4 Å². The number of hydrogen-bond donors (Lipinski definition) is 0. The van der Waals surface area contributed by atoms with Crippen LogP contribution in [0.5, 0.6) is 0 Å². The van der Waals surface area contributed by atoms with Gasteiger partial charge in [0.1, 0.15) is 5.69 Å². The quantitative estimate of drug-likeness (QED) is 0.818. The lowest BCUT2D eigenvalue weighted by atomic mass is 9.95. The van der Waals surface area contributed by atoms with Gasteiger partial charge in [-0.1, -0.05) is 0 Å². The second-order valence-corrected chi connectivity index (χ2v) is 8.24. The van der Waals surface area contributed by atoms with Crippen LogP contribution in [-0.2, 0) is 23.0 Å². The third-order valence-corrected chi connectivity index (χ3v) is 5.68. The molecular formula is C16H23N5O2S. The van der Waals surface area contributed by atoms with Gasteiger partial charge in [0.05, 0.1) is 23.8 Å². The molecule has 3 rings (SSSR count). The van der Waals surface area contributed by atoms with Gasteiger partial charge < -0.3 is 0 Å². The van der Waals surface area contributed by atoms with Crippen LogP contribution < -0.4 is 0 Å². The minimum atomic E-state index is -3.12. The highest BCUT2D eigenvalue weighted by atomic mass is 32.2. The molecule has 1 atom stereocenters. The molecule has 1 saturated heterocycles. The Bertz CT molecular complexity index is 802. The van der Waals surface area contributed by atoms with Crippen LogP contribution >= 0.6 is 0 Å². The summed E-state index contributed by atoms with van der Waals surface area (Å²) >= 11 is 0. The van der Waals surface area contributed by atoms with E-state index in [-0.39, 0.29) is 5.92 Å². The molecule has 7 nitrogen and oxygen atoms in total. The van der Waals surface area contributed by atoms with E-state index in [1.165, 1.54) is 6.26 Å². The van der Waals surface area contributed by atoms with Crippen molar-refractivity contribution in [1.29, 1.82) is 0 Å². The minimum absolute atomic E-state index is 0.286. The third-order valence-electron chi connectivity index (χ3n) is 4.41. The van der Waals surface area contributed by atoms with E-state index in [1.54, 1.807) is 22.9 Å². The molecule has 0 aliphatic carbocycles. The van der Waals surface area contributed by atoms with Crippen molar-refractivity contribution in [1.82, 2.24) is 24.1 Å². The standard InChI is InChI=1S/C16H23N5O2S/c1-3-21-16(6-7-18-21)15-11-17-10-14(19-15)9-13-5-4-8-20(12-13)24(2,22)23/h6-7,10-11,13H,3-5,8-9,12H2,1-2H3/t13-/m0/s1. The Morgan fingerprint density at radius 2 is 2.17 bits per heavy atom. The maximum absolute atomic E-state index is 11.8. The van der Waals surface area contributed by atoms with Crippen LogP contribution in [0.1, 0.15) is 25.5 Å². The molecule has 1 aliphatic heterocycles. The minimum Gasteiger partial charge on any atom is -0.264 e. The average Bonchev–Trinajstić information content (AvgIpc) is 3.03. The average molecular weight is 349 g/mol. The first-order chi connectivity index (χ1) is 11.5. The third kappa shape index (κ3) is 3.81. The van der Waals surface area contributed by atoms with Gasteiger partial charge in [-0.2, -0.15) is 5.10 Å². The van der Waals surface area contributed by atoms with E-state index in [0.29, 0.717) is 13.1 Å². The molecule has 0 amide bonds. The Balaban J connectivity index is 1.75. The van der Waals surface area contributed by atoms with Gasteiger partial charge in [0.2, 0.25) is 10.0 Å². The monoisotopic (exact) mass is 349 g/mol. The van der Waals surface area contributed by atoms with Crippen molar-refractivity contribution < 1.29 is 8.42 Å². The molecule has 24 heavy (non-hydrogen) atoms. The molecule has 1 aliphatic rings. The van der Waals surface area contributed by atoms with Crippen molar-refractivity contribution in [2.24, 2.45) is 5.92 Å². The number of aryl methyl sites for hydroxylation is 1. The predicted molar refractivity (Wildman–Crippen MR) is 91.8 cm³/mol. The summed E-state index contributed by atoms with van der Waals surface area (Å²) in [5.41, 5.74) is 2.66. The van der Waals surface area contributed by atoms with E-state index in [2.05, 4.69) is 10.1 Å². The largest absolute Gasteiger partial charge is 0.264 e. The predicted octanol–water partition coefficient (Wildman–Crippen LogP) is 1.57. The molecule has 0 N–H and O–H groups in total. The van der Waals surface area contributed by atoms with E-state index >= 15 is 0 Å². The molecule has 0 aromatic carbocycles. The van der Waals surface area contributed by atoms with Gasteiger partial charge in [-0.15, -0.1) is 0 Å². The number of rotatable bonds is 5. The number of sulfonamides is 1. The zero-order valence-corrected chi connectivity index (χ0v) is 14.9. The summed E-state index contributed by atoms with van der Waals surface area (Å²) in [5.74, 6) is 0.286. The maximum atomic E-state index is 11.8. The van der Waals surface area contributed by atoms with Crippen molar-refractivity contribution in [3.63, 3.8) is 0 Å². The SMILES string of the molecule is CCn1nccc1-c1cncc(C[C@@H]2CCCN(S(C)(=O)=O)C2)n1. The van der Waals surface area contributed by atoms with Crippen LogP contribution in [0, 0.1) is 5.92 Å². The zero-order chi connectivity index (χ0) is 17.2. The van der Waals surface area contributed by atoms with E-state index in [4.69, 9.17) is 4.98 Å². The van der Waals surface area contributed by atoms with E-state index in [9.17, 15) is 8.42 Å². The fraction of sp³-hybridized carbons (Fsp3) is 0.562. The van der Waals surface area contributed by atoms with Crippen LogP contribution in [0.2, 0.25) is 0 Å². The normalized spacial score (nSPS) is 19.5. The molecule has 0 radical (unpaired) electrons. The van der Waals surface area contributed by atoms with Crippen LogP contribution in [0.4, 0.5) is 0 Å². The first-order valence-corrected chi connectivity index (χ1v) is 10.1. The van der Waals surface area contributed by atoms with Crippen molar-refractivity contribution in [2.45, 2.75) is 32.7 Å². The van der Waals surface area contributed by atoms with Crippen molar-refractivity contribution in [2.75, 3.05) is 19.3 Å². The summed E-state index contributed by atoms with van der Waals surface area (Å²) in [4.78, 5) is 9.03. The van der Waals surface area contributed by atoms with Gasteiger partial charge >= 0.3 is 0 Å². The second kappa shape index (κ2) is 6.98. The summed E-state index contributed by atoms with van der Waals surface area (Å²) in [6, 6.07) is 1.93. The van der Waals surface area contributed by atoms with Crippen molar-refractivity contribution in [3.8, 4) is 11.4 Å². The lowest BCUT2D eigenvalue weighted by molar-refractivity contribution is 0.265. The summed E-state index contributed by atoms with van der Waals surface area (Å²) in [6.07, 6.45) is 9.22. The fourth-order valence-corrected chi connectivity index (χ4v) is 4.16. The molecule has 0 bridgehead atoms. The molecule has 130 valence electrons. The molecule has 0 saturated carbocycles. The molecule has 2 aromatic heterocycles. The Morgan fingerprint density at radius 3 is 2.92 bits per heavy atom. The summed E-state index contributed by atoms with van der Waals surface area (Å²) in [7, 11) is -3.12. The van der Waals surface area contributed by atoms with Crippen LogP contribution in [0.25, 0.3) is 11.4 Å². The summed E-state index contributed by atoms with van der Waals surface area (Å²) in [5, 5.41) is 4.27. The van der Waals surface area contributed by atoms with Gasteiger partial charge in [0.25, 0.3) is 0 Å². The number of nitrogens with zero attached hydrogens (tertiary/aromatic N) is 5. The van der Waals surface area contributed by atoms with Gasteiger partial charge in [0, 0.05) is 32.0 Å². The lowest BCUT2D eigenvalue weighted by Crippen LogP contribution is -2.39. The number of aromatic nitrogens is 4. The number of piperidine rings is 1. The Morgan fingerprint density at radius 1 is 1.33 bits per heavy atom. The van der Waals surface area contributed by atoms with Gasteiger partial charge in [-0.3, -0.25) is 9.67 Å². The maximum Gasteiger partial charge on any atom is 0.211 e. The first kappa shape index (κ1) is 17.0. The van der Waals surface area contributed by atoms with Crippen LogP contribution in [0.15, 0.2) is 24.7 Å². The molecule has 0 unspecified atom stereocenters. The smallest absolute Gasteiger partial charge is 0.211 e. The Labute approximate surface area is 142 Å². The van der Waals surface area contributed by atoms with Crippen molar-refractivity contribution >= 4 is 10.0 Å². The van der Waals surface area contributed by atoms with E-state index in [0.717, 1.165) is 42.9 Å². The highest BCUT2D eigenvalue weighted by Gasteiger charge is 2.26. The fourth-order valence-electron chi connectivity index (χ4n) is 3.22. The Kier molecular flexibility index (Phi) is 4.96. The molecule has 0 spiro atoms. The molecule has 2 aromatic rings. The van der Waals surface area contributed by atoms with Gasteiger partial charge in [-0.25, -0.2) is 17.7 Å². The van der Waals surface area contributed by atoms with Gasteiger partial charge in [0.15, 0.2) is 0 Å². The highest BCUT2D eigenvalue weighted by molar-refractivity contribution is 7.88. The van der Waals surface area contributed by atoms with E-state index < -0.39 is 10.0 Å². The summed E-state index contributed by atoms with van der Waals surface area (Å²) in [6.45, 7) is 4.00. The number of hydrogen-bond acceptors (Lipinski definition) is 5. The molecule has 1 fully saturated rings. The van der Waals surface area contributed by atoms with E-state index in [1.807, 2.05) is 17.7 Å². The topological polar surface area (TPSA) is 81.0 Å². The van der Waals surface area contributed by atoms with Crippen LogP contribution in [0.3, 0.4) is 0 Å². The first-order valence-electron chi connectivity index (χ1n) is 8.25. The molecule has 8 heteroatoms. The lowest BCUT2D eigenvalue weighted by Gasteiger charge is -2.30. The van der Waals surface area contributed by atoms with Crippen LogP contribution in [-0.4, -0.2) is 51.8 Å². The Hall–Kier alpha value is -1.80.